The van der Waals surface area contributed by atoms with Gasteiger partial charge < -0.3 is 0 Å². The summed E-state index contributed by atoms with van der Waals surface area (Å²) in [6, 6.07) is 12.2. The summed E-state index contributed by atoms with van der Waals surface area (Å²) in [7, 11) is 0. The Morgan fingerprint density at radius 2 is 1.53 bits per heavy atom. The average Bonchev–Trinajstić information content (AvgIpc) is 2.35. The van der Waals surface area contributed by atoms with Crippen LogP contribution >= 0.6 is 15.9 Å². The van der Waals surface area contributed by atoms with Gasteiger partial charge in [-0.1, -0.05) is 28.9 Å². The number of aromatic nitrogens is 2. The van der Waals surface area contributed by atoms with Crippen LogP contribution in [0, 0.1) is 0 Å². The summed E-state index contributed by atoms with van der Waals surface area (Å²) in [5.41, 5.74) is 5.08. The fourth-order valence-electron chi connectivity index (χ4n) is 1.91. The first kappa shape index (κ1) is 10.7. The van der Waals surface area contributed by atoms with Gasteiger partial charge in [-0.3, -0.25) is 0 Å². The number of hydrogen-bond acceptors (Lipinski definition) is 2. The third kappa shape index (κ3) is 1.91. The van der Waals surface area contributed by atoms with Gasteiger partial charge in [0.2, 0.25) is 0 Å². The molecule has 0 amide bonds. The summed E-state index contributed by atoms with van der Waals surface area (Å²) < 4.78 is 1.03. The van der Waals surface area contributed by atoms with Gasteiger partial charge in [-0.25, -0.2) is 9.97 Å². The van der Waals surface area contributed by atoms with Crippen LogP contribution in [-0.4, -0.2) is 9.97 Å². The van der Waals surface area contributed by atoms with Crippen molar-refractivity contribution in [3.05, 3.63) is 46.4 Å². The van der Waals surface area contributed by atoms with E-state index in [4.69, 9.17) is 0 Å². The average molecular weight is 287 g/mol. The molecule has 0 atom stereocenters. The molecule has 0 unspecified atom stereocenters. The lowest BCUT2D eigenvalue weighted by molar-refractivity contribution is 1.14. The van der Waals surface area contributed by atoms with Crippen molar-refractivity contribution in [2.75, 3.05) is 0 Å². The monoisotopic (exact) mass is 286 g/mol. The molecule has 1 aromatic heterocycles. The van der Waals surface area contributed by atoms with E-state index in [1.165, 1.54) is 5.56 Å². The number of benzene rings is 2. The van der Waals surface area contributed by atoms with Crippen molar-refractivity contribution in [3.63, 3.8) is 0 Å². The second kappa shape index (κ2) is 4.08. The first-order chi connectivity index (χ1) is 8.26. The molecule has 0 saturated heterocycles. The van der Waals surface area contributed by atoms with Gasteiger partial charge in [-0.15, -0.1) is 0 Å². The highest BCUT2D eigenvalue weighted by atomic mass is 79.9. The van der Waals surface area contributed by atoms with E-state index < -0.39 is 0 Å². The topological polar surface area (TPSA) is 25.8 Å². The van der Waals surface area contributed by atoms with Crippen molar-refractivity contribution < 1.29 is 0 Å². The van der Waals surface area contributed by atoms with E-state index in [1.54, 1.807) is 0 Å². The van der Waals surface area contributed by atoms with Gasteiger partial charge in [-0.2, -0.15) is 0 Å². The van der Waals surface area contributed by atoms with Crippen molar-refractivity contribution in [2.45, 2.75) is 13.3 Å². The maximum atomic E-state index is 4.65. The summed E-state index contributed by atoms with van der Waals surface area (Å²) in [5, 5.41) is 0. The second-order valence-electron chi connectivity index (χ2n) is 4.03. The van der Waals surface area contributed by atoms with E-state index in [0.717, 1.165) is 33.0 Å². The standard InChI is InChI=1S/C14H11BrN2/c1-2-9-3-5-11-13(7-9)17-14-8-10(15)4-6-12(14)16-11/h3-8H,2H2,1H3. The van der Waals surface area contributed by atoms with E-state index in [1.807, 2.05) is 24.3 Å². The minimum Gasteiger partial charge on any atom is -0.245 e. The zero-order chi connectivity index (χ0) is 11.8. The third-order valence-corrected chi connectivity index (χ3v) is 3.36. The van der Waals surface area contributed by atoms with E-state index in [-0.39, 0.29) is 0 Å². The van der Waals surface area contributed by atoms with Crippen LogP contribution in [0.3, 0.4) is 0 Å². The molecule has 0 spiro atoms. The van der Waals surface area contributed by atoms with Crippen molar-refractivity contribution in [3.8, 4) is 0 Å². The molecule has 0 saturated carbocycles. The Kier molecular flexibility index (Phi) is 2.56. The zero-order valence-corrected chi connectivity index (χ0v) is 11.0. The van der Waals surface area contributed by atoms with Crippen LogP contribution in [0.2, 0.25) is 0 Å². The van der Waals surface area contributed by atoms with Crippen molar-refractivity contribution in [1.29, 1.82) is 0 Å². The number of nitrogens with zero attached hydrogens (tertiary/aromatic N) is 2. The Labute approximate surface area is 108 Å². The van der Waals surface area contributed by atoms with E-state index in [0.29, 0.717) is 0 Å². The molecular formula is C14H11BrN2. The summed E-state index contributed by atoms with van der Waals surface area (Å²) in [6.07, 6.45) is 1.02. The summed E-state index contributed by atoms with van der Waals surface area (Å²) in [4.78, 5) is 9.27. The number of rotatable bonds is 1. The molecule has 2 nitrogen and oxygen atoms in total. The maximum absolute atomic E-state index is 4.65. The highest BCUT2D eigenvalue weighted by molar-refractivity contribution is 9.10. The zero-order valence-electron chi connectivity index (χ0n) is 9.44. The van der Waals surface area contributed by atoms with Crippen LogP contribution in [0.1, 0.15) is 12.5 Å². The third-order valence-electron chi connectivity index (χ3n) is 2.87. The molecule has 84 valence electrons. The smallest absolute Gasteiger partial charge is 0.0905 e. The minimum absolute atomic E-state index is 0.931. The van der Waals surface area contributed by atoms with Crippen molar-refractivity contribution in [1.82, 2.24) is 9.97 Å². The summed E-state index contributed by atoms with van der Waals surface area (Å²) >= 11 is 3.46. The van der Waals surface area contributed by atoms with Crippen LogP contribution < -0.4 is 0 Å². The Morgan fingerprint density at radius 3 is 2.29 bits per heavy atom. The lowest BCUT2D eigenvalue weighted by atomic mass is 10.1. The molecule has 2 aromatic carbocycles. The lowest BCUT2D eigenvalue weighted by Crippen LogP contribution is -1.89. The number of halogens is 1. The molecule has 0 bridgehead atoms. The molecule has 0 N–H and O–H groups in total. The predicted octanol–water partition coefficient (Wildman–Crippen LogP) is 4.11. The highest BCUT2D eigenvalue weighted by Crippen LogP contribution is 2.20. The van der Waals surface area contributed by atoms with Crippen LogP contribution in [0.25, 0.3) is 22.1 Å². The molecule has 1 heterocycles. The molecule has 3 aromatic rings. The number of hydrogen-bond donors (Lipinski definition) is 0. The molecule has 3 heteroatoms. The number of fused-ring (bicyclic) bond motifs is 2. The van der Waals surface area contributed by atoms with Crippen molar-refractivity contribution >= 4 is 38.0 Å². The van der Waals surface area contributed by atoms with Gasteiger partial charge >= 0.3 is 0 Å². The van der Waals surface area contributed by atoms with Gasteiger partial charge in [0.15, 0.2) is 0 Å². The Balaban J connectivity index is 2.36. The maximum Gasteiger partial charge on any atom is 0.0905 e. The summed E-state index contributed by atoms with van der Waals surface area (Å²) in [5.74, 6) is 0. The normalized spacial score (nSPS) is 11.2. The van der Waals surface area contributed by atoms with E-state index >= 15 is 0 Å². The van der Waals surface area contributed by atoms with Crippen LogP contribution in [0.15, 0.2) is 40.9 Å². The highest BCUT2D eigenvalue weighted by Gasteiger charge is 2.02. The largest absolute Gasteiger partial charge is 0.245 e. The quantitative estimate of drug-likeness (QED) is 0.629. The first-order valence-electron chi connectivity index (χ1n) is 5.62. The van der Waals surface area contributed by atoms with E-state index in [2.05, 4.69) is 45.0 Å². The molecule has 3 rings (SSSR count). The van der Waals surface area contributed by atoms with Gasteiger partial charge in [-0.05, 0) is 42.3 Å². The van der Waals surface area contributed by atoms with Gasteiger partial charge in [0.25, 0.3) is 0 Å². The first-order valence-corrected chi connectivity index (χ1v) is 6.41. The molecule has 0 radical (unpaired) electrons. The Morgan fingerprint density at radius 1 is 0.882 bits per heavy atom. The van der Waals surface area contributed by atoms with Gasteiger partial charge in [0, 0.05) is 4.47 Å². The van der Waals surface area contributed by atoms with Gasteiger partial charge in [0.05, 0.1) is 22.1 Å². The van der Waals surface area contributed by atoms with Crippen LogP contribution in [0.5, 0.6) is 0 Å². The minimum atomic E-state index is 0.931. The van der Waals surface area contributed by atoms with Crippen LogP contribution in [-0.2, 0) is 6.42 Å². The number of aryl methyl sites for hydroxylation is 1. The fourth-order valence-corrected chi connectivity index (χ4v) is 2.26. The van der Waals surface area contributed by atoms with Crippen LogP contribution in [0.4, 0.5) is 0 Å². The Bertz CT molecular complexity index is 707. The van der Waals surface area contributed by atoms with E-state index in [9.17, 15) is 0 Å². The van der Waals surface area contributed by atoms with Crippen molar-refractivity contribution in [2.24, 2.45) is 0 Å². The SMILES string of the molecule is CCc1ccc2nc3ccc(Br)cc3nc2c1. The summed E-state index contributed by atoms with van der Waals surface area (Å²) in [6.45, 7) is 2.15. The Hall–Kier alpha value is -1.48. The molecule has 0 aliphatic heterocycles. The predicted molar refractivity (Wildman–Crippen MR) is 74.1 cm³/mol. The molecule has 0 fully saturated rings. The molecular weight excluding hydrogens is 276 g/mol. The lowest BCUT2D eigenvalue weighted by Gasteiger charge is -2.03. The molecule has 17 heavy (non-hydrogen) atoms. The fraction of sp³-hybridized carbons (Fsp3) is 0.143. The molecule has 0 aliphatic rings. The van der Waals surface area contributed by atoms with Gasteiger partial charge in [0.1, 0.15) is 0 Å². The molecule has 0 aliphatic carbocycles. The second-order valence-corrected chi connectivity index (χ2v) is 4.95.